The van der Waals surface area contributed by atoms with Crippen LogP contribution in [0.4, 0.5) is 0 Å². The Labute approximate surface area is 92.6 Å². The molecule has 0 spiro atoms. The lowest BCUT2D eigenvalue weighted by Crippen LogP contribution is -2.27. The van der Waals surface area contributed by atoms with Crippen LogP contribution in [0.15, 0.2) is 24.3 Å². The molecular formula is C13H21NO. The summed E-state index contributed by atoms with van der Waals surface area (Å²) in [5.41, 5.74) is 1.35. The van der Waals surface area contributed by atoms with Crippen LogP contribution < -0.4 is 10.1 Å². The van der Waals surface area contributed by atoms with Crippen LogP contribution in [0.5, 0.6) is 5.75 Å². The van der Waals surface area contributed by atoms with Crippen LogP contribution in [-0.2, 0) is 0 Å². The van der Waals surface area contributed by atoms with E-state index in [4.69, 9.17) is 4.74 Å². The van der Waals surface area contributed by atoms with Crippen molar-refractivity contribution in [2.24, 2.45) is 0 Å². The van der Waals surface area contributed by atoms with E-state index in [1.807, 2.05) is 26.1 Å². The Morgan fingerprint density at radius 3 is 2.27 bits per heavy atom. The predicted molar refractivity (Wildman–Crippen MR) is 64.5 cm³/mol. The summed E-state index contributed by atoms with van der Waals surface area (Å²) in [6, 6.07) is 8.85. The van der Waals surface area contributed by atoms with Crippen molar-refractivity contribution in [1.82, 2.24) is 5.32 Å². The van der Waals surface area contributed by atoms with Gasteiger partial charge in [-0.2, -0.15) is 0 Å². The minimum absolute atomic E-state index is 0.489. The zero-order valence-corrected chi connectivity index (χ0v) is 10.1. The van der Waals surface area contributed by atoms with E-state index in [-0.39, 0.29) is 0 Å². The Balaban J connectivity index is 2.70. The molecule has 0 amide bonds. The number of rotatable bonds is 5. The van der Waals surface area contributed by atoms with Gasteiger partial charge < -0.3 is 10.1 Å². The summed E-state index contributed by atoms with van der Waals surface area (Å²) < 4.78 is 5.41. The molecule has 84 valence electrons. The average molecular weight is 207 g/mol. The molecule has 0 aliphatic heterocycles. The second-order valence-electron chi connectivity index (χ2n) is 3.87. The molecule has 0 saturated heterocycles. The second kappa shape index (κ2) is 5.76. The van der Waals surface area contributed by atoms with Crippen molar-refractivity contribution in [3.63, 3.8) is 0 Å². The lowest BCUT2D eigenvalue weighted by Gasteiger charge is -2.19. The van der Waals surface area contributed by atoms with Gasteiger partial charge in [0.15, 0.2) is 0 Å². The summed E-state index contributed by atoms with van der Waals surface area (Å²) >= 11 is 0. The predicted octanol–water partition coefficient (Wildman–Crippen LogP) is 2.80. The monoisotopic (exact) mass is 207 g/mol. The lowest BCUT2D eigenvalue weighted by molar-refractivity contribution is 0.340. The van der Waals surface area contributed by atoms with Gasteiger partial charge in [-0.05, 0) is 44.5 Å². The van der Waals surface area contributed by atoms with Crippen molar-refractivity contribution in [3.8, 4) is 5.75 Å². The van der Waals surface area contributed by atoms with Gasteiger partial charge in [0.25, 0.3) is 0 Å². The van der Waals surface area contributed by atoms with Gasteiger partial charge in [0.1, 0.15) is 5.75 Å². The first kappa shape index (κ1) is 12.1. The molecule has 2 nitrogen and oxygen atoms in total. The third-order valence-corrected chi connectivity index (χ3v) is 2.92. The van der Waals surface area contributed by atoms with Crippen LogP contribution in [-0.4, -0.2) is 19.7 Å². The Kier molecular flexibility index (Phi) is 4.63. The smallest absolute Gasteiger partial charge is 0.119 e. The molecule has 0 aliphatic rings. The average Bonchev–Trinajstić information content (AvgIpc) is 2.28. The highest BCUT2D eigenvalue weighted by Gasteiger charge is 2.11. The van der Waals surface area contributed by atoms with Gasteiger partial charge in [0.2, 0.25) is 0 Å². The van der Waals surface area contributed by atoms with Gasteiger partial charge in [-0.15, -0.1) is 0 Å². The van der Waals surface area contributed by atoms with Crippen molar-refractivity contribution >= 4 is 0 Å². The largest absolute Gasteiger partial charge is 0.494 e. The van der Waals surface area contributed by atoms with E-state index in [0.717, 1.165) is 12.4 Å². The molecule has 2 heteroatoms. The zero-order chi connectivity index (χ0) is 11.3. The molecule has 0 radical (unpaired) electrons. The molecule has 2 atom stereocenters. The molecule has 1 aromatic rings. The highest BCUT2D eigenvalue weighted by molar-refractivity contribution is 5.29. The maximum atomic E-state index is 5.41. The molecule has 1 N–H and O–H groups in total. The fourth-order valence-electron chi connectivity index (χ4n) is 1.57. The van der Waals surface area contributed by atoms with E-state index in [2.05, 4.69) is 31.3 Å². The number of likely N-dealkylation sites (N-methyl/N-ethyl adjacent to an activating group) is 1. The number of benzene rings is 1. The highest BCUT2D eigenvalue weighted by atomic mass is 16.5. The minimum atomic E-state index is 0.489. The van der Waals surface area contributed by atoms with Gasteiger partial charge in [-0.25, -0.2) is 0 Å². The van der Waals surface area contributed by atoms with Crippen molar-refractivity contribution in [3.05, 3.63) is 29.8 Å². The summed E-state index contributed by atoms with van der Waals surface area (Å²) in [4.78, 5) is 0. The van der Waals surface area contributed by atoms with Crippen LogP contribution in [0.2, 0.25) is 0 Å². The molecule has 0 bridgehead atoms. The van der Waals surface area contributed by atoms with E-state index >= 15 is 0 Å². The zero-order valence-electron chi connectivity index (χ0n) is 10.1. The highest BCUT2D eigenvalue weighted by Crippen LogP contribution is 2.21. The molecule has 0 aromatic heterocycles. The molecule has 2 unspecified atom stereocenters. The quantitative estimate of drug-likeness (QED) is 0.801. The molecule has 0 saturated carbocycles. The third kappa shape index (κ3) is 3.24. The minimum Gasteiger partial charge on any atom is -0.494 e. The topological polar surface area (TPSA) is 21.3 Å². The summed E-state index contributed by atoms with van der Waals surface area (Å²) in [6.45, 7) is 7.15. The Morgan fingerprint density at radius 1 is 1.20 bits per heavy atom. The van der Waals surface area contributed by atoms with Gasteiger partial charge in [-0.1, -0.05) is 19.1 Å². The lowest BCUT2D eigenvalue weighted by atomic mass is 9.94. The number of ether oxygens (including phenoxy) is 1. The SMILES string of the molecule is CCOc1ccc(C(C)C(C)NC)cc1. The number of hydrogen-bond donors (Lipinski definition) is 1. The van der Waals surface area contributed by atoms with E-state index in [9.17, 15) is 0 Å². The first-order chi connectivity index (χ1) is 7.19. The molecule has 0 aliphatic carbocycles. The number of nitrogens with one attached hydrogen (secondary N) is 1. The van der Waals surface area contributed by atoms with E-state index in [0.29, 0.717) is 12.0 Å². The van der Waals surface area contributed by atoms with Crippen LogP contribution in [0.25, 0.3) is 0 Å². The fraction of sp³-hybridized carbons (Fsp3) is 0.538. The first-order valence-corrected chi connectivity index (χ1v) is 5.59. The third-order valence-electron chi connectivity index (χ3n) is 2.92. The maximum absolute atomic E-state index is 5.41. The van der Waals surface area contributed by atoms with Crippen LogP contribution in [0.3, 0.4) is 0 Å². The van der Waals surface area contributed by atoms with Gasteiger partial charge in [-0.3, -0.25) is 0 Å². The van der Waals surface area contributed by atoms with E-state index < -0.39 is 0 Å². The van der Waals surface area contributed by atoms with Gasteiger partial charge >= 0.3 is 0 Å². The summed E-state index contributed by atoms with van der Waals surface area (Å²) in [6.07, 6.45) is 0. The van der Waals surface area contributed by atoms with Crippen molar-refractivity contribution in [1.29, 1.82) is 0 Å². The summed E-state index contributed by atoms with van der Waals surface area (Å²) in [5.74, 6) is 1.47. The Hall–Kier alpha value is -1.02. The Morgan fingerprint density at radius 2 is 1.80 bits per heavy atom. The fourth-order valence-corrected chi connectivity index (χ4v) is 1.57. The molecule has 15 heavy (non-hydrogen) atoms. The number of hydrogen-bond acceptors (Lipinski definition) is 2. The van der Waals surface area contributed by atoms with Crippen molar-refractivity contribution < 1.29 is 4.74 Å². The maximum Gasteiger partial charge on any atom is 0.119 e. The Bertz CT molecular complexity index is 281. The van der Waals surface area contributed by atoms with Crippen LogP contribution >= 0.6 is 0 Å². The molecular weight excluding hydrogens is 186 g/mol. The van der Waals surface area contributed by atoms with Gasteiger partial charge in [0.05, 0.1) is 6.61 Å². The standard InChI is InChI=1S/C13H21NO/c1-5-15-13-8-6-12(7-9-13)10(2)11(3)14-4/h6-11,14H,5H2,1-4H3. The molecule has 1 aromatic carbocycles. The first-order valence-electron chi connectivity index (χ1n) is 5.59. The second-order valence-corrected chi connectivity index (χ2v) is 3.87. The van der Waals surface area contributed by atoms with Crippen LogP contribution in [0.1, 0.15) is 32.3 Å². The van der Waals surface area contributed by atoms with Gasteiger partial charge in [0, 0.05) is 6.04 Å². The molecule has 0 fully saturated rings. The molecule has 0 heterocycles. The van der Waals surface area contributed by atoms with E-state index in [1.165, 1.54) is 5.56 Å². The van der Waals surface area contributed by atoms with E-state index in [1.54, 1.807) is 0 Å². The molecule has 1 rings (SSSR count). The summed E-state index contributed by atoms with van der Waals surface area (Å²) in [7, 11) is 2.00. The summed E-state index contributed by atoms with van der Waals surface area (Å²) in [5, 5.41) is 3.27. The van der Waals surface area contributed by atoms with Crippen molar-refractivity contribution in [2.75, 3.05) is 13.7 Å². The van der Waals surface area contributed by atoms with Crippen molar-refractivity contribution in [2.45, 2.75) is 32.7 Å². The van der Waals surface area contributed by atoms with Crippen LogP contribution in [0, 0.1) is 0 Å². The normalized spacial score (nSPS) is 14.7.